The molecule has 0 amide bonds. The summed E-state index contributed by atoms with van der Waals surface area (Å²) in [5, 5.41) is 0. The highest BCUT2D eigenvalue weighted by Crippen LogP contribution is 2.27. The van der Waals surface area contributed by atoms with Gasteiger partial charge in [-0.05, 0) is 86.6 Å². The SMILES string of the molecule is C=C(C)C(=O)OCc1ccc(-c2ccc(OC(=O)CCc3ccc(COC(=O)C(=C)C)c(COC(=O)C(C)(C)C)c3)c(F)c2)cc1. The first-order valence-corrected chi connectivity index (χ1v) is 14.7. The first-order valence-electron chi connectivity index (χ1n) is 14.7. The van der Waals surface area contributed by atoms with Gasteiger partial charge in [0.05, 0.1) is 5.41 Å². The van der Waals surface area contributed by atoms with Gasteiger partial charge in [0.1, 0.15) is 19.8 Å². The van der Waals surface area contributed by atoms with Crippen molar-refractivity contribution >= 4 is 23.9 Å². The molecule has 0 aliphatic heterocycles. The van der Waals surface area contributed by atoms with Crippen LogP contribution in [0.2, 0.25) is 0 Å². The van der Waals surface area contributed by atoms with E-state index in [1.54, 1.807) is 83.1 Å². The number of carbonyl (C=O) groups is 4. The maximum Gasteiger partial charge on any atom is 0.333 e. The van der Waals surface area contributed by atoms with Crippen LogP contribution in [0.1, 0.15) is 63.3 Å². The molecule has 3 aromatic carbocycles. The van der Waals surface area contributed by atoms with Crippen LogP contribution in [0.5, 0.6) is 5.75 Å². The van der Waals surface area contributed by atoms with Crippen LogP contribution >= 0.6 is 0 Å². The molecule has 0 heterocycles. The molecule has 9 heteroatoms. The molecule has 0 aliphatic rings. The van der Waals surface area contributed by atoms with Crippen molar-refractivity contribution in [3.8, 4) is 16.9 Å². The van der Waals surface area contributed by atoms with Gasteiger partial charge in [0.2, 0.25) is 0 Å². The van der Waals surface area contributed by atoms with Gasteiger partial charge in [-0.15, -0.1) is 0 Å². The minimum Gasteiger partial charge on any atom is -0.460 e. The molecule has 0 spiro atoms. The van der Waals surface area contributed by atoms with Crippen molar-refractivity contribution in [3.63, 3.8) is 0 Å². The van der Waals surface area contributed by atoms with Crippen LogP contribution in [0, 0.1) is 11.2 Å². The number of esters is 4. The second-order valence-electron chi connectivity index (χ2n) is 12.0. The van der Waals surface area contributed by atoms with Crippen LogP contribution in [0.3, 0.4) is 0 Å². The zero-order valence-corrected chi connectivity index (χ0v) is 26.9. The minimum atomic E-state index is -0.700. The van der Waals surface area contributed by atoms with Gasteiger partial charge in [0.25, 0.3) is 0 Å². The Morgan fingerprint density at radius 2 is 1.26 bits per heavy atom. The van der Waals surface area contributed by atoms with Crippen LogP contribution in [0.15, 0.2) is 85.0 Å². The Morgan fingerprint density at radius 1 is 0.696 bits per heavy atom. The average Bonchev–Trinajstić information content (AvgIpc) is 3.01. The maximum absolute atomic E-state index is 14.9. The predicted molar refractivity (Wildman–Crippen MR) is 171 cm³/mol. The summed E-state index contributed by atoms with van der Waals surface area (Å²) in [6.07, 6.45) is 0.239. The summed E-state index contributed by atoms with van der Waals surface area (Å²) in [6.45, 7) is 15.5. The Labute approximate surface area is 268 Å². The zero-order chi connectivity index (χ0) is 34.0. The Morgan fingerprint density at radius 3 is 1.85 bits per heavy atom. The molecule has 0 aromatic heterocycles. The summed E-state index contributed by atoms with van der Waals surface area (Å²) in [7, 11) is 0. The summed E-state index contributed by atoms with van der Waals surface area (Å²) in [5.74, 6) is -2.92. The molecular weight excluding hydrogens is 591 g/mol. The predicted octanol–water partition coefficient (Wildman–Crippen LogP) is 7.36. The molecule has 0 N–H and O–H groups in total. The van der Waals surface area contributed by atoms with Gasteiger partial charge in [-0.25, -0.2) is 14.0 Å². The summed E-state index contributed by atoms with van der Waals surface area (Å²) in [6, 6.07) is 16.7. The molecule has 0 fully saturated rings. The van der Waals surface area contributed by atoms with Crippen molar-refractivity contribution in [1.82, 2.24) is 0 Å². The molecule has 0 bridgehead atoms. The van der Waals surface area contributed by atoms with Crippen molar-refractivity contribution in [3.05, 3.63) is 113 Å². The number of carbonyl (C=O) groups excluding carboxylic acids is 4. The van der Waals surface area contributed by atoms with E-state index in [1.807, 2.05) is 0 Å². The quantitative estimate of drug-likeness (QED) is 0.0835. The molecule has 0 aliphatic carbocycles. The highest BCUT2D eigenvalue weighted by atomic mass is 19.1. The Kier molecular flexibility index (Phi) is 12.2. The van der Waals surface area contributed by atoms with Crippen molar-refractivity contribution < 1.29 is 42.5 Å². The molecular formula is C37H39FO8. The Balaban J connectivity index is 1.63. The maximum atomic E-state index is 14.9. The molecule has 0 atom stereocenters. The standard InChI is InChI=1S/C37H39FO8/c1-23(2)34(40)43-20-26-9-12-27(13-10-26)28-15-16-32(31(38)19-28)46-33(39)17-11-25-8-14-29(21-44-35(41)24(3)4)30(18-25)22-45-36(42)37(5,6)7/h8-10,12-16,18-19H,1,3,11,17,20-22H2,2,4-7H3. The van der Waals surface area contributed by atoms with Crippen molar-refractivity contribution in [2.45, 2.75) is 67.3 Å². The van der Waals surface area contributed by atoms with E-state index in [4.69, 9.17) is 18.9 Å². The van der Waals surface area contributed by atoms with E-state index in [0.29, 0.717) is 22.3 Å². The van der Waals surface area contributed by atoms with Crippen LogP contribution in [-0.4, -0.2) is 23.9 Å². The number of rotatable bonds is 13. The van der Waals surface area contributed by atoms with Crippen molar-refractivity contribution in [1.29, 1.82) is 0 Å². The van der Waals surface area contributed by atoms with E-state index in [2.05, 4.69) is 13.2 Å². The molecule has 0 unspecified atom stereocenters. The van der Waals surface area contributed by atoms with E-state index >= 15 is 0 Å². The van der Waals surface area contributed by atoms with Gasteiger partial charge in [-0.3, -0.25) is 9.59 Å². The second kappa shape index (κ2) is 15.8. The summed E-state index contributed by atoms with van der Waals surface area (Å²) >= 11 is 0. The molecule has 8 nitrogen and oxygen atoms in total. The Hall–Kier alpha value is -5.05. The number of hydrogen-bond acceptors (Lipinski definition) is 8. The van der Waals surface area contributed by atoms with Gasteiger partial charge in [-0.2, -0.15) is 0 Å². The third kappa shape index (κ3) is 10.5. The van der Waals surface area contributed by atoms with Gasteiger partial charge < -0.3 is 18.9 Å². The number of benzene rings is 3. The fourth-order valence-electron chi connectivity index (χ4n) is 3.98. The van der Waals surface area contributed by atoms with Crippen LogP contribution < -0.4 is 4.74 Å². The van der Waals surface area contributed by atoms with Crippen molar-refractivity contribution in [2.24, 2.45) is 5.41 Å². The third-order valence-corrected chi connectivity index (χ3v) is 6.73. The lowest BCUT2D eigenvalue weighted by Crippen LogP contribution is -2.23. The minimum absolute atomic E-state index is 0.0379. The second-order valence-corrected chi connectivity index (χ2v) is 12.0. The fourth-order valence-corrected chi connectivity index (χ4v) is 3.98. The molecule has 3 aromatic rings. The molecule has 0 radical (unpaired) electrons. The van der Waals surface area contributed by atoms with Gasteiger partial charge >= 0.3 is 23.9 Å². The molecule has 0 saturated heterocycles. The molecule has 0 saturated carbocycles. The van der Waals surface area contributed by atoms with E-state index < -0.39 is 35.1 Å². The molecule has 242 valence electrons. The summed E-state index contributed by atoms with van der Waals surface area (Å²) < 4.78 is 36.1. The number of halogens is 1. The Bertz CT molecular complexity index is 1630. The molecule has 46 heavy (non-hydrogen) atoms. The zero-order valence-electron chi connectivity index (χ0n) is 26.9. The van der Waals surface area contributed by atoms with Crippen LogP contribution in [-0.2, 0) is 59.6 Å². The largest absolute Gasteiger partial charge is 0.460 e. The normalized spacial score (nSPS) is 10.9. The van der Waals surface area contributed by atoms with E-state index in [0.717, 1.165) is 16.7 Å². The topological polar surface area (TPSA) is 105 Å². The highest BCUT2D eigenvalue weighted by molar-refractivity contribution is 5.87. The van der Waals surface area contributed by atoms with E-state index in [9.17, 15) is 23.6 Å². The fraction of sp³-hybridized carbons (Fsp3) is 0.297. The smallest absolute Gasteiger partial charge is 0.333 e. The first-order chi connectivity index (χ1) is 21.6. The number of ether oxygens (including phenoxy) is 4. The highest BCUT2D eigenvalue weighted by Gasteiger charge is 2.23. The average molecular weight is 631 g/mol. The van der Waals surface area contributed by atoms with Gasteiger partial charge in [0, 0.05) is 17.6 Å². The lowest BCUT2D eigenvalue weighted by atomic mass is 9.97. The van der Waals surface area contributed by atoms with Crippen molar-refractivity contribution in [2.75, 3.05) is 0 Å². The van der Waals surface area contributed by atoms with E-state index in [-0.39, 0.29) is 44.0 Å². The molecule has 3 rings (SSSR count). The lowest BCUT2D eigenvalue weighted by Gasteiger charge is -2.18. The van der Waals surface area contributed by atoms with Crippen LogP contribution in [0.4, 0.5) is 4.39 Å². The van der Waals surface area contributed by atoms with E-state index in [1.165, 1.54) is 12.1 Å². The summed E-state index contributed by atoms with van der Waals surface area (Å²) in [5.41, 5.74) is 3.97. The first kappa shape index (κ1) is 35.4. The van der Waals surface area contributed by atoms with Gasteiger partial charge in [0.15, 0.2) is 11.6 Å². The number of hydrogen-bond donors (Lipinski definition) is 0. The van der Waals surface area contributed by atoms with Gasteiger partial charge in [-0.1, -0.05) is 61.7 Å². The number of aryl methyl sites for hydroxylation is 1. The lowest BCUT2D eigenvalue weighted by molar-refractivity contribution is -0.154. The monoisotopic (exact) mass is 630 g/mol. The summed E-state index contributed by atoms with van der Waals surface area (Å²) in [4.78, 5) is 48.5. The van der Waals surface area contributed by atoms with Crippen LogP contribution in [0.25, 0.3) is 11.1 Å². The third-order valence-electron chi connectivity index (χ3n) is 6.73.